The van der Waals surface area contributed by atoms with Crippen molar-refractivity contribution >= 4 is 17.3 Å². The van der Waals surface area contributed by atoms with E-state index in [9.17, 15) is 0 Å². The highest BCUT2D eigenvalue weighted by atomic mass is 35.5. The molecule has 98 valence electrons. The first-order valence-corrected chi connectivity index (χ1v) is 6.78. The Hall–Kier alpha value is -1.74. The molecule has 0 N–H and O–H groups in total. The molecule has 0 radical (unpaired) electrons. The second kappa shape index (κ2) is 5.49. The fourth-order valence-corrected chi connectivity index (χ4v) is 2.39. The van der Waals surface area contributed by atoms with E-state index in [2.05, 4.69) is 16.0 Å². The van der Waals surface area contributed by atoms with Gasteiger partial charge < -0.3 is 9.64 Å². The molecule has 19 heavy (non-hydrogen) atoms. The average molecular weight is 275 g/mol. The van der Waals surface area contributed by atoms with E-state index in [4.69, 9.17) is 16.3 Å². The predicted octanol–water partition coefficient (Wildman–Crippen LogP) is 3.52. The van der Waals surface area contributed by atoms with Crippen molar-refractivity contribution in [3.8, 4) is 5.75 Å². The first kappa shape index (κ1) is 12.3. The van der Waals surface area contributed by atoms with Crippen molar-refractivity contribution in [1.82, 2.24) is 4.98 Å². The lowest BCUT2D eigenvalue weighted by Crippen LogP contribution is -2.23. The summed E-state index contributed by atoms with van der Waals surface area (Å²) in [6.45, 7) is 2.58. The van der Waals surface area contributed by atoms with E-state index in [-0.39, 0.29) is 0 Å². The third-order valence-electron chi connectivity index (χ3n) is 3.20. The van der Waals surface area contributed by atoms with E-state index < -0.39 is 0 Å². The van der Waals surface area contributed by atoms with Crippen LogP contribution < -0.4 is 9.64 Å². The van der Waals surface area contributed by atoms with Gasteiger partial charge in [-0.3, -0.25) is 0 Å². The zero-order valence-corrected chi connectivity index (χ0v) is 11.3. The molecule has 0 atom stereocenters. The Balaban J connectivity index is 1.86. The van der Waals surface area contributed by atoms with Crippen molar-refractivity contribution in [2.45, 2.75) is 13.0 Å². The number of anilines is 1. The molecule has 0 amide bonds. The summed E-state index contributed by atoms with van der Waals surface area (Å²) in [6, 6.07) is 12.0. The van der Waals surface area contributed by atoms with Crippen molar-refractivity contribution in [3.63, 3.8) is 0 Å². The summed E-state index contributed by atoms with van der Waals surface area (Å²) in [5.41, 5.74) is 2.30. The molecular formula is C15H15ClN2O. The molecule has 1 aliphatic heterocycles. The van der Waals surface area contributed by atoms with Gasteiger partial charge in [0.05, 0.1) is 12.3 Å². The number of rotatable bonds is 2. The summed E-state index contributed by atoms with van der Waals surface area (Å²) in [4.78, 5) is 6.46. The van der Waals surface area contributed by atoms with E-state index >= 15 is 0 Å². The largest absolute Gasteiger partial charge is 0.491 e. The van der Waals surface area contributed by atoms with Gasteiger partial charge in [0.25, 0.3) is 0 Å². The molecule has 2 heterocycles. The lowest BCUT2D eigenvalue weighted by molar-refractivity contribution is 0.322. The van der Waals surface area contributed by atoms with Crippen LogP contribution in [0.5, 0.6) is 5.75 Å². The number of para-hydroxylation sites is 2. The molecule has 1 aliphatic rings. The third-order valence-corrected chi connectivity index (χ3v) is 3.42. The van der Waals surface area contributed by atoms with E-state index in [1.54, 1.807) is 0 Å². The lowest BCUT2D eigenvalue weighted by Gasteiger charge is -2.23. The molecule has 1 aromatic heterocycles. The minimum absolute atomic E-state index is 0.531. The Kier molecular flexibility index (Phi) is 3.56. The first-order chi connectivity index (χ1) is 9.33. The van der Waals surface area contributed by atoms with E-state index in [1.807, 2.05) is 36.5 Å². The number of fused-ring (bicyclic) bond motifs is 1. The molecule has 1 aromatic carbocycles. The highest BCUT2D eigenvalue weighted by Crippen LogP contribution is 2.31. The summed E-state index contributed by atoms with van der Waals surface area (Å²) < 4.78 is 5.76. The maximum Gasteiger partial charge on any atom is 0.142 e. The van der Waals surface area contributed by atoms with Crippen LogP contribution in [0.4, 0.5) is 5.69 Å². The summed E-state index contributed by atoms with van der Waals surface area (Å²) in [7, 11) is 0. The zero-order valence-electron chi connectivity index (χ0n) is 10.6. The maximum absolute atomic E-state index is 5.82. The standard InChI is InChI=1S/C15H15ClN2O/c16-15-7-6-12(10-17-15)11-18-8-3-9-19-14-5-2-1-4-13(14)18/h1-2,4-7,10H,3,8-9,11H2. The van der Waals surface area contributed by atoms with Gasteiger partial charge in [0.15, 0.2) is 0 Å². The second-order valence-corrected chi connectivity index (χ2v) is 4.97. The van der Waals surface area contributed by atoms with Gasteiger partial charge in [-0.25, -0.2) is 4.98 Å². The molecule has 0 aliphatic carbocycles. The van der Waals surface area contributed by atoms with Gasteiger partial charge in [0, 0.05) is 19.3 Å². The van der Waals surface area contributed by atoms with Crippen LogP contribution in [0.2, 0.25) is 5.15 Å². The highest BCUT2D eigenvalue weighted by molar-refractivity contribution is 6.29. The highest BCUT2D eigenvalue weighted by Gasteiger charge is 2.15. The van der Waals surface area contributed by atoms with Crippen LogP contribution in [0, 0.1) is 0 Å². The first-order valence-electron chi connectivity index (χ1n) is 6.40. The second-order valence-electron chi connectivity index (χ2n) is 4.58. The van der Waals surface area contributed by atoms with Crippen LogP contribution >= 0.6 is 11.6 Å². The molecule has 0 unspecified atom stereocenters. The van der Waals surface area contributed by atoms with E-state index in [0.29, 0.717) is 5.15 Å². The number of pyridine rings is 1. The number of hydrogen-bond donors (Lipinski definition) is 0. The monoisotopic (exact) mass is 274 g/mol. The number of aromatic nitrogens is 1. The Morgan fingerprint density at radius 3 is 2.95 bits per heavy atom. The molecular weight excluding hydrogens is 260 g/mol. The zero-order chi connectivity index (χ0) is 13.1. The Bertz CT molecular complexity index is 556. The smallest absolute Gasteiger partial charge is 0.142 e. The topological polar surface area (TPSA) is 25.4 Å². The fourth-order valence-electron chi connectivity index (χ4n) is 2.28. The summed E-state index contributed by atoms with van der Waals surface area (Å²) in [5.74, 6) is 0.960. The quantitative estimate of drug-likeness (QED) is 0.784. The van der Waals surface area contributed by atoms with Gasteiger partial charge >= 0.3 is 0 Å². The Morgan fingerprint density at radius 1 is 1.21 bits per heavy atom. The number of ether oxygens (including phenoxy) is 1. The predicted molar refractivity (Wildman–Crippen MR) is 76.9 cm³/mol. The van der Waals surface area contributed by atoms with Gasteiger partial charge in [-0.05, 0) is 30.2 Å². The fraction of sp³-hybridized carbons (Fsp3) is 0.267. The summed E-state index contributed by atoms with van der Waals surface area (Å²) in [5, 5.41) is 0.531. The normalized spacial score (nSPS) is 14.5. The van der Waals surface area contributed by atoms with Crippen molar-refractivity contribution < 1.29 is 4.74 Å². The van der Waals surface area contributed by atoms with Gasteiger partial charge in [0.1, 0.15) is 10.9 Å². The molecule has 0 saturated carbocycles. The van der Waals surface area contributed by atoms with E-state index in [1.165, 1.54) is 0 Å². The molecule has 2 aromatic rings. The third kappa shape index (κ3) is 2.82. The molecule has 0 saturated heterocycles. The average Bonchev–Trinajstić information content (AvgIpc) is 2.64. The van der Waals surface area contributed by atoms with Crippen LogP contribution in [0.1, 0.15) is 12.0 Å². The molecule has 3 nitrogen and oxygen atoms in total. The molecule has 0 fully saturated rings. The lowest BCUT2D eigenvalue weighted by atomic mass is 10.2. The minimum atomic E-state index is 0.531. The number of benzene rings is 1. The molecule has 3 rings (SSSR count). The Morgan fingerprint density at radius 2 is 2.11 bits per heavy atom. The minimum Gasteiger partial charge on any atom is -0.491 e. The van der Waals surface area contributed by atoms with Crippen LogP contribution in [-0.2, 0) is 6.54 Å². The number of hydrogen-bond acceptors (Lipinski definition) is 3. The van der Waals surface area contributed by atoms with Crippen LogP contribution in [-0.4, -0.2) is 18.1 Å². The van der Waals surface area contributed by atoms with Crippen molar-refractivity contribution in [3.05, 3.63) is 53.3 Å². The molecule has 0 spiro atoms. The van der Waals surface area contributed by atoms with Gasteiger partial charge in [-0.1, -0.05) is 29.8 Å². The van der Waals surface area contributed by atoms with Crippen LogP contribution in [0.25, 0.3) is 0 Å². The molecule has 4 heteroatoms. The summed E-state index contributed by atoms with van der Waals surface area (Å²) in [6.07, 6.45) is 2.85. The van der Waals surface area contributed by atoms with Crippen LogP contribution in [0.15, 0.2) is 42.6 Å². The molecule has 0 bridgehead atoms. The van der Waals surface area contributed by atoms with E-state index in [0.717, 1.165) is 43.1 Å². The van der Waals surface area contributed by atoms with Gasteiger partial charge in [-0.15, -0.1) is 0 Å². The maximum atomic E-state index is 5.82. The SMILES string of the molecule is Clc1ccc(CN2CCCOc3ccccc32)cn1. The van der Waals surface area contributed by atoms with Crippen molar-refractivity contribution in [2.24, 2.45) is 0 Å². The van der Waals surface area contributed by atoms with Gasteiger partial charge in [-0.2, -0.15) is 0 Å². The van der Waals surface area contributed by atoms with Crippen molar-refractivity contribution in [1.29, 1.82) is 0 Å². The Labute approximate surface area is 117 Å². The number of halogens is 1. The number of nitrogens with zero attached hydrogens (tertiary/aromatic N) is 2. The van der Waals surface area contributed by atoms with Crippen LogP contribution in [0.3, 0.4) is 0 Å². The van der Waals surface area contributed by atoms with Crippen molar-refractivity contribution in [2.75, 3.05) is 18.1 Å². The summed E-state index contributed by atoms with van der Waals surface area (Å²) >= 11 is 5.82. The van der Waals surface area contributed by atoms with Gasteiger partial charge in [0.2, 0.25) is 0 Å².